The summed E-state index contributed by atoms with van der Waals surface area (Å²) in [6.07, 6.45) is 1.28. The van der Waals surface area contributed by atoms with Crippen molar-refractivity contribution in [3.63, 3.8) is 0 Å². The third-order valence-corrected chi connectivity index (χ3v) is 7.27. The fraction of sp³-hybridized carbons (Fsp3) is 0.353. The van der Waals surface area contributed by atoms with Crippen LogP contribution in [0, 0.1) is 0 Å². The lowest BCUT2D eigenvalue weighted by molar-refractivity contribution is -0.156. The molecule has 2 N–H and O–H groups in total. The second-order valence-electron chi connectivity index (χ2n) is 12.1. The van der Waals surface area contributed by atoms with Gasteiger partial charge in [0.25, 0.3) is 0 Å². The largest absolute Gasteiger partial charge is 0.460 e. The summed E-state index contributed by atoms with van der Waals surface area (Å²) in [5.74, 6) is 0.442. The molecule has 2 aromatic carbocycles. The molecule has 0 atom stereocenters. The first-order valence-corrected chi connectivity index (χ1v) is 15.1. The zero-order valence-electron chi connectivity index (χ0n) is 26.3. The normalized spacial score (nSPS) is 13.0. The highest BCUT2D eigenvalue weighted by molar-refractivity contribution is 5.96. The Kier molecular flexibility index (Phi) is 9.85. The van der Waals surface area contributed by atoms with E-state index in [4.69, 9.17) is 19.9 Å². The summed E-state index contributed by atoms with van der Waals surface area (Å²) in [7, 11) is 0. The van der Waals surface area contributed by atoms with E-state index in [1.54, 1.807) is 40.2 Å². The van der Waals surface area contributed by atoms with Gasteiger partial charge in [-0.3, -0.25) is 14.3 Å². The van der Waals surface area contributed by atoms with E-state index >= 15 is 0 Å². The summed E-state index contributed by atoms with van der Waals surface area (Å²) in [5, 5.41) is 4.37. The monoisotopic (exact) mass is 651 g/mol. The van der Waals surface area contributed by atoms with Gasteiger partial charge in [-0.05, 0) is 68.7 Å². The molecule has 10 nitrogen and oxygen atoms in total. The number of anilines is 2. The Balaban J connectivity index is 1.18. The molecule has 0 bridgehead atoms. The SMILES string of the molecule is CC(C)(C)OC(=O)CCOCCn1cc(-c2cnc(N)c(Oc3ccc4c(c3)CCN4C(=O)Cc3cccc(C(F)(F)F)c3)c2)cn1. The summed E-state index contributed by atoms with van der Waals surface area (Å²) in [6, 6.07) is 11.9. The van der Waals surface area contributed by atoms with E-state index in [0.717, 1.165) is 28.8 Å². The quantitative estimate of drug-likeness (QED) is 0.150. The molecule has 0 unspecified atom stereocenters. The van der Waals surface area contributed by atoms with Crippen molar-refractivity contribution in [1.82, 2.24) is 14.8 Å². The number of rotatable bonds is 11. The van der Waals surface area contributed by atoms with Crippen LogP contribution in [-0.4, -0.2) is 52.0 Å². The molecule has 248 valence electrons. The van der Waals surface area contributed by atoms with E-state index in [2.05, 4.69) is 10.1 Å². The minimum atomic E-state index is -4.47. The number of nitrogen functional groups attached to an aromatic ring is 1. The standard InChI is InChI=1S/C34H36F3N5O5/c1-33(2,3)47-31(44)10-13-45-14-12-41-21-25(20-40-41)24-18-29(32(38)39-19-24)46-27-7-8-28-23(17-27)9-11-42(28)30(43)16-22-5-4-6-26(15-22)34(35,36)37/h4-8,15,17-21H,9-14,16H2,1-3H3,(H2,38,39). The lowest BCUT2D eigenvalue weighted by Gasteiger charge is -2.19. The third-order valence-electron chi connectivity index (χ3n) is 7.27. The first-order chi connectivity index (χ1) is 22.2. The third kappa shape index (κ3) is 8.88. The Bertz CT molecular complexity index is 1750. The van der Waals surface area contributed by atoms with Crippen LogP contribution >= 0.6 is 0 Å². The molecule has 1 aliphatic rings. The highest BCUT2D eigenvalue weighted by atomic mass is 19.4. The topological polar surface area (TPSA) is 122 Å². The molecule has 0 aliphatic carbocycles. The van der Waals surface area contributed by atoms with Gasteiger partial charge in [0.1, 0.15) is 11.4 Å². The number of benzene rings is 2. The fourth-order valence-electron chi connectivity index (χ4n) is 5.09. The Morgan fingerprint density at radius 3 is 2.57 bits per heavy atom. The van der Waals surface area contributed by atoms with Gasteiger partial charge in [0.05, 0.1) is 44.4 Å². The Morgan fingerprint density at radius 2 is 1.81 bits per heavy atom. The number of aromatic nitrogens is 3. The van der Waals surface area contributed by atoms with Gasteiger partial charge in [0.2, 0.25) is 5.91 Å². The predicted molar refractivity (Wildman–Crippen MR) is 169 cm³/mol. The molecule has 5 rings (SSSR count). The van der Waals surface area contributed by atoms with Gasteiger partial charge >= 0.3 is 12.1 Å². The summed E-state index contributed by atoms with van der Waals surface area (Å²) < 4.78 is 58.0. The molecule has 0 saturated carbocycles. The Morgan fingerprint density at radius 1 is 1.00 bits per heavy atom. The molecule has 0 fully saturated rings. The molecule has 1 amide bonds. The number of nitrogens with zero attached hydrogens (tertiary/aromatic N) is 4. The van der Waals surface area contributed by atoms with Crippen molar-refractivity contribution >= 4 is 23.4 Å². The summed E-state index contributed by atoms with van der Waals surface area (Å²) in [5.41, 5.74) is 8.21. The number of hydrogen-bond donors (Lipinski definition) is 1. The van der Waals surface area contributed by atoms with Gasteiger partial charge in [0.15, 0.2) is 11.6 Å². The predicted octanol–water partition coefficient (Wildman–Crippen LogP) is 6.22. The molecule has 1 aliphatic heterocycles. The van der Waals surface area contributed by atoms with Crippen LogP contribution in [0.1, 0.15) is 43.9 Å². The molecule has 0 radical (unpaired) electrons. The number of pyridine rings is 1. The number of carbonyl (C=O) groups is 2. The summed E-state index contributed by atoms with van der Waals surface area (Å²) in [6.45, 7) is 6.96. The van der Waals surface area contributed by atoms with Gasteiger partial charge in [0, 0.05) is 35.8 Å². The van der Waals surface area contributed by atoms with Crippen molar-refractivity contribution in [2.75, 3.05) is 30.4 Å². The van der Waals surface area contributed by atoms with Crippen molar-refractivity contribution in [2.24, 2.45) is 0 Å². The number of fused-ring (bicyclic) bond motifs is 1. The summed E-state index contributed by atoms with van der Waals surface area (Å²) in [4.78, 5) is 30.7. The molecule has 0 saturated heterocycles. The zero-order chi connectivity index (χ0) is 33.8. The maximum absolute atomic E-state index is 13.1. The number of alkyl halides is 3. The average molecular weight is 652 g/mol. The van der Waals surface area contributed by atoms with E-state index in [0.29, 0.717) is 48.9 Å². The van der Waals surface area contributed by atoms with Crippen LogP contribution in [-0.2, 0) is 44.6 Å². The van der Waals surface area contributed by atoms with E-state index in [1.807, 2.05) is 33.0 Å². The second-order valence-corrected chi connectivity index (χ2v) is 12.1. The molecule has 4 aromatic rings. The van der Waals surface area contributed by atoms with E-state index in [1.165, 1.54) is 12.1 Å². The summed E-state index contributed by atoms with van der Waals surface area (Å²) >= 11 is 0. The lowest BCUT2D eigenvalue weighted by Crippen LogP contribution is -2.30. The van der Waals surface area contributed by atoms with Crippen LogP contribution in [0.25, 0.3) is 11.1 Å². The van der Waals surface area contributed by atoms with Crippen molar-refractivity contribution in [2.45, 2.75) is 58.4 Å². The molecular weight excluding hydrogens is 615 g/mol. The van der Waals surface area contributed by atoms with Crippen LogP contribution in [0.4, 0.5) is 24.7 Å². The Hall–Kier alpha value is -4.91. The van der Waals surface area contributed by atoms with E-state index < -0.39 is 17.3 Å². The maximum atomic E-state index is 13.1. The first kappa shape index (κ1) is 33.5. The van der Waals surface area contributed by atoms with Crippen molar-refractivity contribution in [1.29, 1.82) is 0 Å². The lowest BCUT2D eigenvalue weighted by atomic mass is 10.1. The van der Waals surface area contributed by atoms with Crippen molar-refractivity contribution < 1.29 is 37.0 Å². The van der Waals surface area contributed by atoms with Gasteiger partial charge in [-0.1, -0.05) is 18.2 Å². The number of amides is 1. The molecule has 3 heterocycles. The van der Waals surface area contributed by atoms with Crippen LogP contribution in [0.15, 0.2) is 67.1 Å². The van der Waals surface area contributed by atoms with Gasteiger partial charge in [-0.25, -0.2) is 4.98 Å². The molecular formula is C34H36F3N5O5. The van der Waals surface area contributed by atoms with Crippen molar-refractivity contribution in [3.8, 4) is 22.6 Å². The van der Waals surface area contributed by atoms with Crippen LogP contribution in [0.3, 0.4) is 0 Å². The number of halogens is 3. The zero-order valence-corrected chi connectivity index (χ0v) is 26.3. The van der Waals surface area contributed by atoms with Crippen LogP contribution in [0.5, 0.6) is 11.5 Å². The smallest absolute Gasteiger partial charge is 0.416 e. The number of esters is 1. The Labute approximate surface area is 270 Å². The van der Waals surface area contributed by atoms with Gasteiger partial charge in [-0.2, -0.15) is 18.3 Å². The molecule has 47 heavy (non-hydrogen) atoms. The number of ether oxygens (including phenoxy) is 3. The molecule has 2 aromatic heterocycles. The fourth-order valence-corrected chi connectivity index (χ4v) is 5.09. The first-order valence-electron chi connectivity index (χ1n) is 15.1. The number of hydrogen-bond acceptors (Lipinski definition) is 8. The molecule has 0 spiro atoms. The minimum Gasteiger partial charge on any atom is -0.460 e. The number of nitrogens with two attached hydrogens (primary N) is 1. The minimum absolute atomic E-state index is 0.145. The highest BCUT2D eigenvalue weighted by Gasteiger charge is 2.31. The highest BCUT2D eigenvalue weighted by Crippen LogP contribution is 2.36. The number of carbonyl (C=O) groups excluding carboxylic acids is 2. The average Bonchev–Trinajstić information content (AvgIpc) is 3.64. The van der Waals surface area contributed by atoms with Crippen molar-refractivity contribution in [3.05, 3.63) is 83.8 Å². The second kappa shape index (κ2) is 13.8. The van der Waals surface area contributed by atoms with E-state index in [-0.39, 0.29) is 37.1 Å². The van der Waals surface area contributed by atoms with Crippen LogP contribution in [0.2, 0.25) is 0 Å². The molecule has 13 heteroatoms. The van der Waals surface area contributed by atoms with Crippen LogP contribution < -0.4 is 15.4 Å². The van der Waals surface area contributed by atoms with Gasteiger partial charge < -0.3 is 24.8 Å². The van der Waals surface area contributed by atoms with E-state index in [9.17, 15) is 22.8 Å². The maximum Gasteiger partial charge on any atom is 0.416 e. The van der Waals surface area contributed by atoms with Gasteiger partial charge in [-0.15, -0.1) is 0 Å².